The fraction of sp³-hybridized carbons (Fsp3) is 0.433. The number of thiazole rings is 1. The van der Waals surface area contributed by atoms with E-state index in [1.165, 1.54) is 16.9 Å². The SMILES string of the molecule is CCCC1=C(C(=O)OCC)[C@@H](c2ccc(C(C)C)cc2)n2c(s/c(=C/c3cc(Br)c(N4CCOCC4)o3)c2=O)=N1. The van der Waals surface area contributed by atoms with Gasteiger partial charge < -0.3 is 18.8 Å². The summed E-state index contributed by atoms with van der Waals surface area (Å²) in [6.45, 7) is 11.1. The fourth-order valence-corrected chi connectivity index (χ4v) is 6.62. The van der Waals surface area contributed by atoms with Crippen LogP contribution >= 0.6 is 27.3 Å². The minimum absolute atomic E-state index is 0.223. The van der Waals surface area contributed by atoms with E-state index < -0.39 is 12.0 Å². The minimum atomic E-state index is -0.632. The molecule has 1 fully saturated rings. The lowest BCUT2D eigenvalue weighted by atomic mass is 9.92. The molecule has 2 aliphatic heterocycles. The molecule has 40 heavy (non-hydrogen) atoms. The predicted molar refractivity (Wildman–Crippen MR) is 160 cm³/mol. The second-order valence-corrected chi connectivity index (χ2v) is 12.0. The number of allylic oxidation sites excluding steroid dienone is 1. The Morgan fingerprint density at radius 2 is 1.95 bits per heavy atom. The number of carbonyl (C=O) groups is 1. The molecule has 2 aliphatic rings. The Balaban J connectivity index is 1.65. The molecule has 0 bridgehead atoms. The molecule has 10 heteroatoms. The van der Waals surface area contributed by atoms with Crippen LogP contribution < -0.4 is 19.8 Å². The van der Waals surface area contributed by atoms with Gasteiger partial charge in [0.05, 0.1) is 46.1 Å². The molecule has 0 N–H and O–H groups in total. The zero-order chi connectivity index (χ0) is 28.4. The van der Waals surface area contributed by atoms with Gasteiger partial charge in [0.1, 0.15) is 5.76 Å². The van der Waals surface area contributed by atoms with E-state index in [1.807, 2.05) is 25.1 Å². The summed E-state index contributed by atoms with van der Waals surface area (Å²) in [6.07, 6.45) is 3.17. The van der Waals surface area contributed by atoms with Crippen molar-refractivity contribution in [1.29, 1.82) is 0 Å². The molecular formula is C30H34BrN3O5S. The quantitative estimate of drug-likeness (QED) is 0.330. The van der Waals surface area contributed by atoms with Crippen molar-refractivity contribution >= 4 is 45.2 Å². The van der Waals surface area contributed by atoms with Gasteiger partial charge in [0, 0.05) is 25.2 Å². The van der Waals surface area contributed by atoms with E-state index in [9.17, 15) is 9.59 Å². The summed E-state index contributed by atoms with van der Waals surface area (Å²) in [5.41, 5.74) is 2.90. The standard InChI is InChI=1S/C30H34BrN3O5S/c1-5-7-23-25(29(36)38-6-2)26(20-10-8-19(9-11-20)18(3)4)34-27(35)24(40-30(34)32-23)17-21-16-22(31)28(39-21)33-12-14-37-15-13-33/h8-11,16-18,26H,5-7,12-15H2,1-4H3/b24-17+/t26-/m1/s1. The Morgan fingerprint density at radius 1 is 1.23 bits per heavy atom. The first-order chi connectivity index (χ1) is 19.3. The molecule has 0 amide bonds. The first-order valence-electron chi connectivity index (χ1n) is 13.8. The number of nitrogens with zero attached hydrogens (tertiary/aromatic N) is 3. The Labute approximate surface area is 245 Å². The van der Waals surface area contributed by atoms with Gasteiger partial charge in [0.25, 0.3) is 5.56 Å². The highest BCUT2D eigenvalue weighted by Crippen LogP contribution is 2.34. The van der Waals surface area contributed by atoms with E-state index in [0.717, 1.165) is 35.4 Å². The van der Waals surface area contributed by atoms with Gasteiger partial charge >= 0.3 is 5.97 Å². The van der Waals surface area contributed by atoms with Gasteiger partial charge in [-0.25, -0.2) is 9.79 Å². The first-order valence-corrected chi connectivity index (χ1v) is 15.4. The topological polar surface area (TPSA) is 86.3 Å². The molecule has 1 aromatic carbocycles. The van der Waals surface area contributed by atoms with Gasteiger partial charge in [-0.1, -0.05) is 62.8 Å². The van der Waals surface area contributed by atoms with E-state index in [-0.39, 0.29) is 12.2 Å². The number of carbonyl (C=O) groups excluding carboxylic acids is 1. The number of fused-ring (bicyclic) bond motifs is 1. The third kappa shape index (κ3) is 5.62. The van der Waals surface area contributed by atoms with Crippen molar-refractivity contribution in [2.24, 2.45) is 4.99 Å². The molecule has 0 radical (unpaired) electrons. The van der Waals surface area contributed by atoms with Gasteiger partial charge in [0.2, 0.25) is 5.88 Å². The Hall–Kier alpha value is -2.95. The third-order valence-corrected chi connectivity index (χ3v) is 8.62. The maximum Gasteiger partial charge on any atom is 0.338 e. The number of benzene rings is 1. The molecule has 1 atom stereocenters. The number of hydrogen-bond donors (Lipinski definition) is 0. The second-order valence-electron chi connectivity index (χ2n) is 10.1. The van der Waals surface area contributed by atoms with Crippen molar-refractivity contribution in [2.45, 2.75) is 52.5 Å². The van der Waals surface area contributed by atoms with Crippen molar-refractivity contribution in [3.8, 4) is 0 Å². The highest BCUT2D eigenvalue weighted by atomic mass is 79.9. The number of ether oxygens (including phenoxy) is 2. The van der Waals surface area contributed by atoms with Crippen LogP contribution in [-0.2, 0) is 14.3 Å². The summed E-state index contributed by atoms with van der Waals surface area (Å²) in [7, 11) is 0. The van der Waals surface area contributed by atoms with E-state index in [1.54, 1.807) is 17.6 Å². The molecule has 0 aliphatic carbocycles. The van der Waals surface area contributed by atoms with Crippen molar-refractivity contribution in [2.75, 3.05) is 37.8 Å². The summed E-state index contributed by atoms with van der Waals surface area (Å²) in [5.74, 6) is 1.21. The molecule has 8 nitrogen and oxygen atoms in total. The molecule has 0 spiro atoms. The molecule has 212 valence electrons. The second kappa shape index (κ2) is 12.3. The van der Waals surface area contributed by atoms with E-state index in [2.05, 4.69) is 46.8 Å². The lowest BCUT2D eigenvalue weighted by Crippen LogP contribution is -2.40. The van der Waals surface area contributed by atoms with Crippen LogP contribution in [0.15, 0.2) is 60.3 Å². The van der Waals surface area contributed by atoms with Crippen molar-refractivity contribution < 1.29 is 18.7 Å². The number of esters is 1. The maximum absolute atomic E-state index is 14.0. The van der Waals surface area contributed by atoms with Crippen molar-refractivity contribution in [3.05, 3.63) is 82.6 Å². The molecule has 0 unspecified atom stereocenters. The smallest absolute Gasteiger partial charge is 0.338 e. The number of rotatable bonds is 8. The third-order valence-electron chi connectivity index (χ3n) is 7.07. The van der Waals surface area contributed by atoms with Gasteiger partial charge in [-0.2, -0.15) is 0 Å². The molecule has 3 aromatic rings. The molecule has 4 heterocycles. The Kier molecular flexibility index (Phi) is 8.77. The van der Waals surface area contributed by atoms with Gasteiger partial charge in [0.15, 0.2) is 4.80 Å². The van der Waals surface area contributed by atoms with Gasteiger partial charge in [-0.15, -0.1) is 0 Å². The van der Waals surface area contributed by atoms with Crippen LogP contribution in [0.3, 0.4) is 0 Å². The van der Waals surface area contributed by atoms with Crippen molar-refractivity contribution in [3.63, 3.8) is 0 Å². The monoisotopic (exact) mass is 627 g/mol. The highest BCUT2D eigenvalue weighted by molar-refractivity contribution is 9.10. The number of aromatic nitrogens is 1. The zero-order valence-electron chi connectivity index (χ0n) is 23.2. The Morgan fingerprint density at radius 3 is 2.60 bits per heavy atom. The fourth-order valence-electron chi connectivity index (χ4n) is 5.06. The number of furan rings is 1. The molecular weight excluding hydrogens is 594 g/mol. The first kappa shape index (κ1) is 28.6. The van der Waals surface area contributed by atoms with Crippen LogP contribution in [0.4, 0.5) is 5.88 Å². The van der Waals surface area contributed by atoms with E-state index in [4.69, 9.17) is 18.9 Å². The summed E-state index contributed by atoms with van der Waals surface area (Å²) in [5, 5.41) is 0. The molecule has 0 saturated carbocycles. The molecule has 2 aromatic heterocycles. The summed E-state index contributed by atoms with van der Waals surface area (Å²) >= 11 is 4.91. The predicted octanol–water partition coefficient (Wildman–Crippen LogP) is 4.89. The molecule has 5 rings (SSSR count). The number of hydrogen-bond acceptors (Lipinski definition) is 8. The van der Waals surface area contributed by atoms with Crippen LogP contribution in [0, 0.1) is 0 Å². The minimum Gasteiger partial charge on any atom is -0.463 e. The average molecular weight is 629 g/mol. The summed E-state index contributed by atoms with van der Waals surface area (Å²) in [6, 6.07) is 9.37. The highest BCUT2D eigenvalue weighted by Gasteiger charge is 2.34. The number of morpholine rings is 1. The number of anilines is 1. The summed E-state index contributed by atoms with van der Waals surface area (Å²) < 4.78 is 20.0. The average Bonchev–Trinajstić information content (AvgIpc) is 3.47. The lowest BCUT2D eigenvalue weighted by molar-refractivity contribution is -0.139. The van der Waals surface area contributed by atoms with Gasteiger partial charge in [-0.05, 0) is 46.3 Å². The normalized spacial score (nSPS) is 17.8. The lowest BCUT2D eigenvalue weighted by Gasteiger charge is -2.26. The summed E-state index contributed by atoms with van der Waals surface area (Å²) in [4.78, 5) is 34.9. The van der Waals surface area contributed by atoms with E-state index in [0.29, 0.717) is 51.9 Å². The van der Waals surface area contributed by atoms with Crippen LogP contribution in [0.25, 0.3) is 6.08 Å². The van der Waals surface area contributed by atoms with Crippen LogP contribution in [0.5, 0.6) is 0 Å². The van der Waals surface area contributed by atoms with E-state index >= 15 is 0 Å². The van der Waals surface area contributed by atoms with Crippen molar-refractivity contribution in [1.82, 2.24) is 4.57 Å². The zero-order valence-corrected chi connectivity index (χ0v) is 25.6. The maximum atomic E-state index is 14.0. The van der Waals surface area contributed by atoms with Crippen LogP contribution in [0.1, 0.15) is 69.4 Å². The number of halogens is 1. The van der Waals surface area contributed by atoms with Crippen LogP contribution in [-0.4, -0.2) is 43.4 Å². The largest absolute Gasteiger partial charge is 0.463 e. The van der Waals surface area contributed by atoms with Gasteiger partial charge in [-0.3, -0.25) is 9.36 Å². The molecule has 1 saturated heterocycles. The van der Waals surface area contributed by atoms with Crippen LogP contribution in [0.2, 0.25) is 0 Å². The Bertz CT molecular complexity index is 1590.